The van der Waals surface area contributed by atoms with Gasteiger partial charge in [0, 0.05) is 18.3 Å². The fourth-order valence-corrected chi connectivity index (χ4v) is 3.32. The van der Waals surface area contributed by atoms with Gasteiger partial charge in [-0.25, -0.2) is 9.59 Å². The van der Waals surface area contributed by atoms with Crippen LogP contribution in [-0.4, -0.2) is 64.9 Å². The molecule has 0 saturated carbocycles. The van der Waals surface area contributed by atoms with E-state index in [1.807, 2.05) is 4.98 Å². The van der Waals surface area contributed by atoms with E-state index in [1.54, 1.807) is 13.0 Å². The maximum absolute atomic E-state index is 12.9. The quantitative estimate of drug-likeness (QED) is 0.516. The summed E-state index contributed by atoms with van der Waals surface area (Å²) in [5.41, 5.74) is -0.805. The van der Waals surface area contributed by atoms with Crippen LogP contribution in [0.5, 0.6) is 11.5 Å². The third-order valence-corrected chi connectivity index (χ3v) is 4.79. The number of aliphatic hydroxyl groups is 2. The summed E-state index contributed by atoms with van der Waals surface area (Å²) >= 11 is 0. The molecule has 30 heavy (non-hydrogen) atoms. The minimum atomic E-state index is -1.49. The number of hydrogen-bond acceptors (Lipinski definition) is 9. The van der Waals surface area contributed by atoms with Crippen LogP contribution in [0.3, 0.4) is 0 Å². The normalized spacial score (nSPS) is 23.2. The lowest BCUT2D eigenvalue weighted by Crippen LogP contribution is -2.40. The third kappa shape index (κ3) is 3.95. The molecule has 11 nitrogen and oxygen atoms in total. The molecule has 0 radical (unpaired) electrons. The molecule has 3 N–H and O–H groups in total. The lowest BCUT2D eigenvalue weighted by atomic mass is 10.1. The molecular formula is C19H22N2O9. The summed E-state index contributed by atoms with van der Waals surface area (Å²) in [6.07, 6.45) is -4.00. The zero-order valence-electron chi connectivity index (χ0n) is 16.5. The van der Waals surface area contributed by atoms with Crippen molar-refractivity contribution in [2.75, 3.05) is 20.8 Å². The van der Waals surface area contributed by atoms with Crippen molar-refractivity contribution >= 4 is 5.97 Å². The minimum absolute atomic E-state index is 0.117. The zero-order chi connectivity index (χ0) is 22.0. The summed E-state index contributed by atoms with van der Waals surface area (Å²) in [5, 5.41) is 20.3. The van der Waals surface area contributed by atoms with Gasteiger partial charge in [-0.3, -0.25) is 14.3 Å². The van der Waals surface area contributed by atoms with E-state index in [4.69, 9.17) is 18.9 Å². The lowest BCUT2D eigenvalue weighted by Gasteiger charge is -2.21. The fourth-order valence-electron chi connectivity index (χ4n) is 3.32. The highest BCUT2D eigenvalue weighted by Gasteiger charge is 2.47. The number of ether oxygens (including phenoxy) is 4. The predicted molar refractivity (Wildman–Crippen MR) is 102 cm³/mol. The van der Waals surface area contributed by atoms with Gasteiger partial charge in [0.2, 0.25) is 0 Å². The van der Waals surface area contributed by atoms with Crippen LogP contribution in [0.2, 0.25) is 0 Å². The van der Waals surface area contributed by atoms with Gasteiger partial charge in [-0.2, -0.15) is 0 Å². The van der Waals surface area contributed by atoms with Gasteiger partial charge in [-0.05, 0) is 18.6 Å². The standard InChI is InChI=1S/C19H22N2O9/c1-9-6-10(27-2)7-11(28-3)14(9)18(25)30-16-12(8-22)29-17(15(16)24)21-5-4-13(23)20-19(21)26/h4-7,12,15-17,22,24H,8H2,1-3H3,(H,20,23,26)/t12-,15-,16-,17-/m1/s1. The molecule has 1 aliphatic heterocycles. The molecule has 1 aliphatic rings. The van der Waals surface area contributed by atoms with Gasteiger partial charge in [0.15, 0.2) is 12.3 Å². The average molecular weight is 422 g/mol. The Kier molecular flexibility index (Phi) is 6.25. The molecule has 0 unspecified atom stereocenters. The van der Waals surface area contributed by atoms with Crippen LogP contribution in [0.4, 0.5) is 0 Å². The molecule has 0 bridgehead atoms. The Balaban J connectivity index is 1.89. The summed E-state index contributed by atoms with van der Waals surface area (Å²) < 4.78 is 22.3. The molecule has 162 valence electrons. The molecule has 4 atom stereocenters. The number of methoxy groups -OCH3 is 2. The number of esters is 1. The highest BCUT2D eigenvalue weighted by Crippen LogP contribution is 2.33. The second-order valence-corrected chi connectivity index (χ2v) is 6.65. The minimum Gasteiger partial charge on any atom is -0.497 e. The largest absolute Gasteiger partial charge is 0.497 e. The molecule has 0 amide bonds. The van der Waals surface area contributed by atoms with Crippen molar-refractivity contribution in [3.63, 3.8) is 0 Å². The van der Waals surface area contributed by atoms with Crippen LogP contribution in [0.1, 0.15) is 22.1 Å². The maximum Gasteiger partial charge on any atom is 0.342 e. The van der Waals surface area contributed by atoms with E-state index < -0.39 is 48.4 Å². The van der Waals surface area contributed by atoms with Crippen LogP contribution in [0.15, 0.2) is 34.0 Å². The first kappa shape index (κ1) is 21.6. The topological polar surface area (TPSA) is 149 Å². The summed E-state index contributed by atoms with van der Waals surface area (Å²) in [5.74, 6) is -0.123. The van der Waals surface area contributed by atoms with Gasteiger partial charge in [0.25, 0.3) is 5.56 Å². The molecule has 0 aliphatic carbocycles. The average Bonchev–Trinajstić information content (AvgIpc) is 3.02. The number of H-pyrrole nitrogens is 1. The molecule has 1 aromatic heterocycles. The van der Waals surface area contributed by atoms with E-state index in [9.17, 15) is 24.6 Å². The monoisotopic (exact) mass is 422 g/mol. The number of aromatic nitrogens is 2. The Labute approximate surface area is 170 Å². The molecule has 1 fully saturated rings. The number of aliphatic hydroxyl groups excluding tert-OH is 2. The Morgan fingerprint density at radius 1 is 1.27 bits per heavy atom. The number of rotatable bonds is 6. The second-order valence-electron chi connectivity index (χ2n) is 6.65. The van der Waals surface area contributed by atoms with Crippen molar-refractivity contribution in [3.8, 4) is 11.5 Å². The van der Waals surface area contributed by atoms with E-state index in [0.717, 1.165) is 16.8 Å². The number of carbonyl (C=O) groups is 1. The van der Waals surface area contributed by atoms with Crippen LogP contribution in [0.25, 0.3) is 0 Å². The van der Waals surface area contributed by atoms with Crippen molar-refractivity contribution in [1.82, 2.24) is 9.55 Å². The summed E-state index contributed by atoms with van der Waals surface area (Å²) in [4.78, 5) is 38.2. The van der Waals surface area contributed by atoms with E-state index in [-0.39, 0.29) is 11.3 Å². The number of nitrogens with zero attached hydrogens (tertiary/aromatic N) is 1. The Bertz CT molecular complexity index is 1050. The smallest absolute Gasteiger partial charge is 0.342 e. The van der Waals surface area contributed by atoms with E-state index in [2.05, 4.69) is 0 Å². The Morgan fingerprint density at radius 3 is 2.60 bits per heavy atom. The van der Waals surface area contributed by atoms with Crippen LogP contribution >= 0.6 is 0 Å². The number of aromatic amines is 1. The fraction of sp³-hybridized carbons (Fsp3) is 0.421. The van der Waals surface area contributed by atoms with Gasteiger partial charge in [0.1, 0.15) is 29.3 Å². The SMILES string of the molecule is COc1cc(C)c(C(=O)O[C@H]2[C@@H](O)[C@H](n3ccc(=O)[nH]c3=O)O[C@@H]2CO)c(OC)c1. The van der Waals surface area contributed by atoms with Crippen molar-refractivity contribution in [2.24, 2.45) is 0 Å². The second kappa shape index (κ2) is 8.69. The van der Waals surface area contributed by atoms with Gasteiger partial charge in [0.05, 0.1) is 20.8 Å². The number of nitrogens with one attached hydrogen (secondary N) is 1. The number of hydrogen-bond donors (Lipinski definition) is 3. The first-order chi connectivity index (χ1) is 14.3. The van der Waals surface area contributed by atoms with Gasteiger partial charge in [-0.15, -0.1) is 0 Å². The first-order valence-electron chi connectivity index (χ1n) is 9.00. The molecule has 2 aromatic rings. The van der Waals surface area contributed by atoms with E-state index in [0.29, 0.717) is 11.3 Å². The zero-order valence-corrected chi connectivity index (χ0v) is 16.5. The number of benzene rings is 1. The highest BCUT2D eigenvalue weighted by atomic mass is 16.6. The lowest BCUT2D eigenvalue weighted by molar-refractivity contribution is -0.0564. The molecule has 1 aromatic carbocycles. The number of carbonyl (C=O) groups excluding carboxylic acids is 1. The van der Waals surface area contributed by atoms with Crippen molar-refractivity contribution in [2.45, 2.75) is 31.5 Å². The van der Waals surface area contributed by atoms with Crippen LogP contribution in [-0.2, 0) is 9.47 Å². The van der Waals surface area contributed by atoms with Gasteiger partial charge < -0.3 is 29.2 Å². The molecule has 11 heteroatoms. The highest BCUT2D eigenvalue weighted by molar-refractivity contribution is 5.94. The molecule has 0 spiro atoms. The van der Waals surface area contributed by atoms with Crippen molar-refractivity contribution in [1.29, 1.82) is 0 Å². The van der Waals surface area contributed by atoms with Crippen LogP contribution in [0, 0.1) is 6.92 Å². The number of aryl methyl sites for hydroxylation is 1. The molecule has 3 rings (SSSR count). The predicted octanol–water partition coefficient (Wildman–Crippen LogP) is -0.662. The van der Waals surface area contributed by atoms with Crippen molar-refractivity contribution in [3.05, 3.63) is 56.4 Å². The summed E-state index contributed by atoms with van der Waals surface area (Å²) in [6.45, 7) is 1.08. The summed E-state index contributed by atoms with van der Waals surface area (Å²) in [7, 11) is 2.86. The molecular weight excluding hydrogens is 400 g/mol. The first-order valence-corrected chi connectivity index (χ1v) is 9.00. The van der Waals surface area contributed by atoms with Gasteiger partial charge in [-0.1, -0.05) is 0 Å². The van der Waals surface area contributed by atoms with E-state index >= 15 is 0 Å². The van der Waals surface area contributed by atoms with Crippen LogP contribution < -0.4 is 20.7 Å². The van der Waals surface area contributed by atoms with Crippen molar-refractivity contribution < 1.29 is 34.0 Å². The molecule has 2 heterocycles. The van der Waals surface area contributed by atoms with Gasteiger partial charge >= 0.3 is 11.7 Å². The van der Waals surface area contributed by atoms with E-state index in [1.165, 1.54) is 20.3 Å². The maximum atomic E-state index is 12.9. The molecule has 1 saturated heterocycles. The summed E-state index contributed by atoms with van der Waals surface area (Å²) in [6, 6.07) is 4.21. The Hall–Kier alpha value is -3.15. The third-order valence-electron chi connectivity index (χ3n) is 4.79. The Morgan fingerprint density at radius 2 is 2.00 bits per heavy atom.